The summed E-state index contributed by atoms with van der Waals surface area (Å²) in [5.74, 6) is 0.793. The third-order valence-electron chi connectivity index (χ3n) is 2.66. The first kappa shape index (κ1) is 13.8. The Morgan fingerprint density at radius 3 is 2.89 bits per heavy atom. The van der Waals surface area contributed by atoms with E-state index in [-0.39, 0.29) is 18.0 Å². The minimum absolute atomic E-state index is 0.137. The van der Waals surface area contributed by atoms with Gasteiger partial charge < -0.3 is 15.1 Å². The second kappa shape index (κ2) is 5.55. The van der Waals surface area contributed by atoms with Crippen molar-refractivity contribution < 1.29 is 12.8 Å². The van der Waals surface area contributed by atoms with Gasteiger partial charge in [0, 0.05) is 30.9 Å². The van der Waals surface area contributed by atoms with Crippen molar-refractivity contribution in [2.45, 2.75) is 24.8 Å². The minimum Gasteiger partial charge on any atom is -0.464 e. The Balaban J connectivity index is 2.03. The number of nitrogens with one attached hydrogen (secondary N) is 2. The summed E-state index contributed by atoms with van der Waals surface area (Å²) < 4.78 is 31.9. The summed E-state index contributed by atoms with van der Waals surface area (Å²) in [7, 11) is -3.57. The van der Waals surface area contributed by atoms with Crippen molar-refractivity contribution in [1.29, 1.82) is 0 Å². The molecule has 8 heteroatoms. The summed E-state index contributed by atoms with van der Waals surface area (Å²) in [5, 5.41) is 0. The molecule has 0 unspecified atom stereocenters. The predicted molar refractivity (Wildman–Crippen MR) is 68.8 cm³/mol. The number of hydrogen-bond acceptors (Lipinski definition) is 5. The standard InChI is InChI=1S/C11H16N4O3S/c1-8-11(4-10(5-12)18-8)19(16,17)15-3-2-9-6-13-7-14-9/h4,6-7,15H,2-3,5,12H2,1H3,(H,13,14). The summed E-state index contributed by atoms with van der Waals surface area (Å²) in [6.45, 7) is 2.06. The third-order valence-corrected chi connectivity index (χ3v) is 4.22. The van der Waals surface area contributed by atoms with Gasteiger partial charge >= 0.3 is 0 Å². The van der Waals surface area contributed by atoms with E-state index in [2.05, 4.69) is 14.7 Å². The Labute approximate surface area is 111 Å². The summed E-state index contributed by atoms with van der Waals surface area (Å²) in [6, 6.07) is 1.45. The third kappa shape index (κ3) is 3.22. The lowest BCUT2D eigenvalue weighted by Crippen LogP contribution is -2.26. The van der Waals surface area contributed by atoms with Gasteiger partial charge in [0.2, 0.25) is 10.0 Å². The highest BCUT2D eigenvalue weighted by atomic mass is 32.2. The van der Waals surface area contributed by atoms with Crippen LogP contribution in [0.25, 0.3) is 0 Å². The molecule has 0 aliphatic heterocycles. The number of nitrogens with zero attached hydrogens (tertiary/aromatic N) is 1. The van der Waals surface area contributed by atoms with Gasteiger partial charge in [-0.3, -0.25) is 0 Å². The van der Waals surface area contributed by atoms with Crippen LogP contribution in [-0.4, -0.2) is 24.9 Å². The van der Waals surface area contributed by atoms with Gasteiger partial charge in [0.05, 0.1) is 12.9 Å². The van der Waals surface area contributed by atoms with Crippen molar-refractivity contribution in [3.8, 4) is 0 Å². The maximum atomic E-state index is 12.1. The molecule has 0 saturated heterocycles. The van der Waals surface area contributed by atoms with E-state index in [4.69, 9.17) is 10.2 Å². The largest absolute Gasteiger partial charge is 0.464 e. The quantitative estimate of drug-likeness (QED) is 0.705. The normalized spacial score (nSPS) is 11.9. The maximum absolute atomic E-state index is 12.1. The molecule has 7 nitrogen and oxygen atoms in total. The number of aryl methyl sites for hydroxylation is 1. The second-order valence-corrected chi connectivity index (χ2v) is 5.80. The zero-order chi connectivity index (χ0) is 13.9. The molecule has 0 bridgehead atoms. The van der Waals surface area contributed by atoms with Gasteiger partial charge in [-0.2, -0.15) is 0 Å². The molecule has 0 aliphatic carbocycles. The number of rotatable bonds is 6. The minimum atomic E-state index is -3.57. The van der Waals surface area contributed by atoms with Gasteiger partial charge in [-0.25, -0.2) is 18.1 Å². The van der Waals surface area contributed by atoms with E-state index in [0.29, 0.717) is 17.9 Å². The van der Waals surface area contributed by atoms with Crippen LogP contribution in [0.3, 0.4) is 0 Å². The van der Waals surface area contributed by atoms with E-state index in [9.17, 15) is 8.42 Å². The average Bonchev–Trinajstić information content (AvgIpc) is 2.98. The molecule has 0 aliphatic rings. The van der Waals surface area contributed by atoms with E-state index >= 15 is 0 Å². The summed E-state index contributed by atoms with van der Waals surface area (Å²) >= 11 is 0. The highest BCUT2D eigenvalue weighted by molar-refractivity contribution is 7.89. The Hall–Kier alpha value is -1.64. The van der Waals surface area contributed by atoms with E-state index in [1.807, 2.05) is 0 Å². The van der Waals surface area contributed by atoms with Crippen LogP contribution >= 0.6 is 0 Å². The highest BCUT2D eigenvalue weighted by Gasteiger charge is 2.20. The smallest absolute Gasteiger partial charge is 0.244 e. The Kier molecular flexibility index (Phi) is 4.03. The lowest BCUT2D eigenvalue weighted by molar-refractivity contribution is 0.478. The second-order valence-electron chi connectivity index (χ2n) is 4.06. The molecule has 4 N–H and O–H groups in total. The van der Waals surface area contributed by atoms with E-state index < -0.39 is 10.0 Å². The Morgan fingerprint density at radius 2 is 2.32 bits per heavy atom. The zero-order valence-corrected chi connectivity index (χ0v) is 11.3. The van der Waals surface area contributed by atoms with Crippen LogP contribution in [0.5, 0.6) is 0 Å². The van der Waals surface area contributed by atoms with E-state index in [1.165, 1.54) is 6.07 Å². The first-order valence-corrected chi connectivity index (χ1v) is 7.27. The predicted octanol–water partition coefficient (Wildman–Crippen LogP) is 0.291. The number of aromatic nitrogens is 2. The average molecular weight is 284 g/mol. The molecular weight excluding hydrogens is 268 g/mol. The monoisotopic (exact) mass is 284 g/mol. The molecular formula is C11H16N4O3S. The molecule has 0 aromatic carbocycles. The van der Waals surface area contributed by atoms with Gasteiger partial charge in [-0.05, 0) is 6.92 Å². The molecule has 0 spiro atoms. The van der Waals surface area contributed by atoms with Gasteiger partial charge in [0.15, 0.2) is 0 Å². The van der Waals surface area contributed by atoms with Crippen molar-refractivity contribution in [1.82, 2.24) is 14.7 Å². The molecule has 2 aromatic rings. The number of H-pyrrole nitrogens is 1. The molecule has 19 heavy (non-hydrogen) atoms. The number of aromatic amines is 1. The molecule has 2 heterocycles. The maximum Gasteiger partial charge on any atom is 0.244 e. The van der Waals surface area contributed by atoms with Gasteiger partial charge in [-0.1, -0.05) is 0 Å². The van der Waals surface area contributed by atoms with Gasteiger partial charge in [0.25, 0.3) is 0 Å². The molecule has 0 atom stereocenters. The molecule has 104 valence electrons. The van der Waals surface area contributed by atoms with Crippen LogP contribution in [-0.2, 0) is 23.0 Å². The fourth-order valence-corrected chi connectivity index (χ4v) is 2.94. The summed E-state index contributed by atoms with van der Waals surface area (Å²) in [4.78, 5) is 6.91. The van der Waals surface area contributed by atoms with Gasteiger partial charge in [-0.15, -0.1) is 0 Å². The van der Waals surface area contributed by atoms with Crippen LogP contribution in [0.2, 0.25) is 0 Å². The molecule has 0 amide bonds. The summed E-state index contributed by atoms with van der Waals surface area (Å²) in [6.07, 6.45) is 3.75. The van der Waals surface area contributed by atoms with Crippen LogP contribution in [0, 0.1) is 6.92 Å². The number of nitrogens with two attached hydrogens (primary N) is 1. The number of hydrogen-bond donors (Lipinski definition) is 3. The Bertz CT molecular complexity index is 631. The fraction of sp³-hybridized carbons (Fsp3) is 0.364. The lowest BCUT2D eigenvalue weighted by atomic mass is 10.3. The highest BCUT2D eigenvalue weighted by Crippen LogP contribution is 2.19. The Morgan fingerprint density at radius 1 is 1.53 bits per heavy atom. The van der Waals surface area contributed by atoms with Crippen molar-refractivity contribution in [2.24, 2.45) is 5.73 Å². The van der Waals surface area contributed by atoms with Crippen LogP contribution in [0.1, 0.15) is 17.2 Å². The van der Waals surface area contributed by atoms with Crippen molar-refractivity contribution in [3.05, 3.63) is 35.8 Å². The number of furan rings is 1. The van der Waals surface area contributed by atoms with E-state index in [1.54, 1.807) is 19.4 Å². The summed E-state index contributed by atoms with van der Waals surface area (Å²) in [5.41, 5.74) is 6.29. The molecule has 2 aromatic heterocycles. The first-order valence-electron chi connectivity index (χ1n) is 5.79. The topological polar surface area (TPSA) is 114 Å². The number of sulfonamides is 1. The zero-order valence-electron chi connectivity index (χ0n) is 10.5. The first-order chi connectivity index (χ1) is 9.03. The van der Waals surface area contributed by atoms with Crippen LogP contribution in [0.15, 0.2) is 27.9 Å². The van der Waals surface area contributed by atoms with Crippen LogP contribution in [0.4, 0.5) is 0 Å². The molecule has 2 rings (SSSR count). The van der Waals surface area contributed by atoms with Crippen molar-refractivity contribution in [2.75, 3.05) is 6.54 Å². The van der Waals surface area contributed by atoms with Gasteiger partial charge in [0.1, 0.15) is 16.4 Å². The molecule has 0 saturated carbocycles. The van der Waals surface area contributed by atoms with Crippen LogP contribution < -0.4 is 10.5 Å². The van der Waals surface area contributed by atoms with E-state index in [0.717, 1.165) is 5.69 Å². The van der Waals surface area contributed by atoms with Crippen molar-refractivity contribution >= 4 is 10.0 Å². The van der Waals surface area contributed by atoms with Crippen molar-refractivity contribution in [3.63, 3.8) is 0 Å². The lowest BCUT2D eigenvalue weighted by Gasteiger charge is -2.04. The molecule has 0 fully saturated rings. The molecule has 0 radical (unpaired) electrons. The SMILES string of the molecule is Cc1oc(CN)cc1S(=O)(=O)NCCc1cnc[nH]1. The number of imidazole rings is 1. The fourth-order valence-electron chi connectivity index (χ4n) is 1.71.